The van der Waals surface area contributed by atoms with Gasteiger partial charge >= 0.3 is 0 Å². The van der Waals surface area contributed by atoms with Gasteiger partial charge < -0.3 is 10.6 Å². The van der Waals surface area contributed by atoms with Gasteiger partial charge in [-0.2, -0.15) is 0 Å². The van der Waals surface area contributed by atoms with Gasteiger partial charge in [-0.3, -0.25) is 0 Å². The minimum atomic E-state index is 0.664. The second-order valence-corrected chi connectivity index (χ2v) is 4.08. The van der Waals surface area contributed by atoms with Crippen LogP contribution in [-0.4, -0.2) is 31.1 Å². The van der Waals surface area contributed by atoms with Crippen molar-refractivity contribution in [1.29, 1.82) is 0 Å². The fraction of sp³-hybridized carbons (Fsp3) is 1.00. The van der Waals surface area contributed by atoms with Crippen LogP contribution in [0, 0.1) is 5.92 Å². The second kappa shape index (κ2) is 7.34. The predicted octanol–water partition coefficient (Wildman–Crippen LogP) is 2.09. The summed E-state index contributed by atoms with van der Waals surface area (Å²) in [5.41, 5.74) is 5.58. The Hall–Kier alpha value is -0.0800. The average molecular weight is 186 g/mol. The molecule has 1 atom stereocenters. The van der Waals surface area contributed by atoms with Crippen LogP contribution in [0.3, 0.4) is 0 Å². The Morgan fingerprint density at radius 1 is 1.23 bits per heavy atom. The molecule has 0 aliphatic rings. The van der Waals surface area contributed by atoms with Crippen molar-refractivity contribution in [2.75, 3.05) is 20.1 Å². The van der Waals surface area contributed by atoms with Crippen LogP contribution in [0.5, 0.6) is 0 Å². The summed E-state index contributed by atoms with van der Waals surface area (Å²) in [7, 11) is 2.22. The molecule has 0 aliphatic carbocycles. The summed E-state index contributed by atoms with van der Waals surface area (Å²) < 4.78 is 0. The molecule has 0 saturated heterocycles. The molecule has 0 saturated carbocycles. The molecule has 0 fully saturated rings. The normalized spacial score (nSPS) is 14.1. The summed E-state index contributed by atoms with van der Waals surface area (Å²) in [6, 6.07) is 0.755. The second-order valence-electron chi connectivity index (χ2n) is 4.08. The fourth-order valence-corrected chi connectivity index (χ4v) is 1.64. The lowest BCUT2D eigenvalue weighted by atomic mass is 10.1. The van der Waals surface area contributed by atoms with Gasteiger partial charge in [0.2, 0.25) is 0 Å². The molecule has 0 aliphatic heterocycles. The first kappa shape index (κ1) is 12.9. The monoisotopic (exact) mass is 186 g/mol. The maximum absolute atomic E-state index is 5.58. The summed E-state index contributed by atoms with van der Waals surface area (Å²) in [4.78, 5) is 2.46. The highest BCUT2D eigenvalue weighted by Gasteiger charge is 2.10. The van der Waals surface area contributed by atoms with Crippen LogP contribution in [0.1, 0.15) is 40.0 Å². The molecule has 0 aromatic carbocycles. The molecule has 0 bridgehead atoms. The van der Waals surface area contributed by atoms with Crippen molar-refractivity contribution in [3.63, 3.8) is 0 Å². The van der Waals surface area contributed by atoms with Gasteiger partial charge in [0.15, 0.2) is 0 Å². The molecule has 80 valence electrons. The van der Waals surface area contributed by atoms with Crippen LogP contribution in [0.4, 0.5) is 0 Å². The highest BCUT2D eigenvalue weighted by Crippen LogP contribution is 2.08. The van der Waals surface area contributed by atoms with Crippen LogP contribution in [0.25, 0.3) is 0 Å². The molecular formula is C11H26N2. The number of rotatable bonds is 7. The lowest BCUT2D eigenvalue weighted by Gasteiger charge is -2.26. The first-order valence-corrected chi connectivity index (χ1v) is 5.55. The van der Waals surface area contributed by atoms with Crippen molar-refractivity contribution in [2.24, 2.45) is 11.7 Å². The maximum Gasteiger partial charge on any atom is 0.00869 e. The molecule has 0 spiro atoms. The Labute approximate surface area is 83.5 Å². The number of hydrogen-bond donors (Lipinski definition) is 1. The van der Waals surface area contributed by atoms with E-state index in [0.29, 0.717) is 5.92 Å². The molecule has 0 aromatic heterocycles. The largest absolute Gasteiger partial charge is 0.330 e. The van der Waals surface area contributed by atoms with Crippen molar-refractivity contribution in [2.45, 2.75) is 46.1 Å². The van der Waals surface area contributed by atoms with E-state index in [9.17, 15) is 0 Å². The molecule has 1 unspecified atom stereocenters. The Balaban J connectivity index is 3.65. The molecule has 0 heterocycles. The lowest BCUT2D eigenvalue weighted by Crippen LogP contribution is -2.32. The van der Waals surface area contributed by atoms with Crippen molar-refractivity contribution in [3.8, 4) is 0 Å². The minimum absolute atomic E-state index is 0.664. The van der Waals surface area contributed by atoms with Gasteiger partial charge in [-0.1, -0.05) is 20.8 Å². The Morgan fingerprint density at radius 3 is 2.15 bits per heavy atom. The highest BCUT2D eigenvalue weighted by molar-refractivity contribution is 4.66. The van der Waals surface area contributed by atoms with Crippen molar-refractivity contribution < 1.29 is 0 Å². The van der Waals surface area contributed by atoms with Crippen LogP contribution < -0.4 is 5.73 Å². The fourth-order valence-electron chi connectivity index (χ4n) is 1.64. The van der Waals surface area contributed by atoms with Crippen molar-refractivity contribution in [1.82, 2.24) is 4.90 Å². The topological polar surface area (TPSA) is 29.3 Å². The van der Waals surface area contributed by atoms with Crippen LogP contribution in [0.15, 0.2) is 0 Å². The van der Waals surface area contributed by atoms with E-state index in [0.717, 1.165) is 12.6 Å². The van der Waals surface area contributed by atoms with Gasteiger partial charge in [-0.25, -0.2) is 0 Å². The Bertz CT molecular complexity index is 111. The van der Waals surface area contributed by atoms with Gasteiger partial charge in [0.05, 0.1) is 0 Å². The van der Waals surface area contributed by atoms with Gasteiger partial charge in [0.25, 0.3) is 0 Å². The van der Waals surface area contributed by atoms with E-state index < -0.39 is 0 Å². The third-order valence-corrected chi connectivity index (χ3v) is 2.94. The van der Waals surface area contributed by atoms with Gasteiger partial charge in [0, 0.05) is 6.04 Å². The Morgan fingerprint density at radius 2 is 1.77 bits per heavy atom. The van der Waals surface area contributed by atoms with E-state index >= 15 is 0 Å². The van der Waals surface area contributed by atoms with E-state index in [1.54, 1.807) is 0 Å². The molecule has 2 heteroatoms. The van der Waals surface area contributed by atoms with E-state index in [-0.39, 0.29) is 0 Å². The van der Waals surface area contributed by atoms with Crippen molar-refractivity contribution >= 4 is 0 Å². The molecule has 0 amide bonds. The first-order valence-electron chi connectivity index (χ1n) is 5.55. The predicted molar refractivity (Wildman–Crippen MR) is 59.8 cm³/mol. The summed E-state index contributed by atoms with van der Waals surface area (Å²) in [5.74, 6) is 0.664. The third kappa shape index (κ3) is 5.27. The number of nitrogens with two attached hydrogens (primary N) is 1. The maximum atomic E-state index is 5.58. The minimum Gasteiger partial charge on any atom is -0.330 e. The SMILES string of the molecule is CCC(CC)N(C)CCC(C)CN. The summed E-state index contributed by atoms with van der Waals surface area (Å²) >= 11 is 0. The van der Waals surface area contributed by atoms with Crippen LogP contribution in [0.2, 0.25) is 0 Å². The molecular weight excluding hydrogens is 160 g/mol. The van der Waals surface area contributed by atoms with Crippen LogP contribution >= 0.6 is 0 Å². The summed E-state index contributed by atoms with van der Waals surface area (Å²) in [6.45, 7) is 8.75. The smallest absolute Gasteiger partial charge is 0.00869 e. The molecule has 0 aromatic rings. The number of hydrogen-bond acceptors (Lipinski definition) is 2. The average Bonchev–Trinajstić information content (AvgIpc) is 2.16. The quantitative estimate of drug-likeness (QED) is 0.659. The standard InChI is InChI=1S/C11H26N2/c1-5-11(6-2)13(4)8-7-10(3)9-12/h10-11H,5-9,12H2,1-4H3. The zero-order chi connectivity index (χ0) is 10.3. The molecule has 0 rings (SSSR count). The molecule has 2 N–H and O–H groups in total. The zero-order valence-electron chi connectivity index (χ0n) is 9.71. The van der Waals surface area contributed by atoms with E-state index in [1.165, 1.54) is 25.8 Å². The van der Waals surface area contributed by atoms with E-state index in [1.807, 2.05) is 0 Å². The molecule has 2 nitrogen and oxygen atoms in total. The van der Waals surface area contributed by atoms with E-state index in [4.69, 9.17) is 5.73 Å². The number of nitrogens with zero attached hydrogens (tertiary/aromatic N) is 1. The highest BCUT2D eigenvalue weighted by atomic mass is 15.1. The van der Waals surface area contributed by atoms with Crippen molar-refractivity contribution in [3.05, 3.63) is 0 Å². The molecule has 13 heavy (non-hydrogen) atoms. The van der Waals surface area contributed by atoms with E-state index in [2.05, 4.69) is 32.7 Å². The lowest BCUT2D eigenvalue weighted by molar-refractivity contribution is 0.216. The van der Waals surface area contributed by atoms with Crippen LogP contribution in [-0.2, 0) is 0 Å². The molecule has 0 radical (unpaired) electrons. The van der Waals surface area contributed by atoms with Gasteiger partial charge in [-0.05, 0) is 45.3 Å². The summed E-state index contributed by atoms with van der Waals surface area (Å²) in [6.07, 6.45) is 3.73. The first-order chi connectivity index (χ1) is 6.15. The summed E-state index contributed by atoms with van der Waals surface area (Å²) in [5, 5.41) is 0. The Kier molecular flexibility index (Phi) is 7.29. The third-order valence-electron chi connectivity index (χ3n) is 2.94. The zero-order valence-corrected chi connectivity index (χ0v) is 9.71. The van der Waals surface area contributed by atoms with Gasteiger partial charge in [0.1, 0.15) is 0 Å². The van der Waals surface area contributed by atoms with Gasteiger partial charge in [-0.15, -0.1) is 0 Å².